The van der Waals surface area contributed by atoms with E-state index in [-0.39, 0.29) is 12.4 Å². The highest BCUT2D eigenvalue weighted by atomic mass is 19.1. The van der Waals surface area contributed by atoms with Gasteiger partial charge in [0.2, 0.25) is 0 Å². The normalized spacial score (nSPS) is 16.7. The molecule has 0 saturated carbocycles. The average molecular weight is 268 g/mol. The first-order chi connectivity index (χ1) is 9.20. The standard InChI is InChI=1S/C14H21FN2O2/c1-16-5-7-17(8-6-16)13-4-3-12(15)11-14(13)19-10-2-9-18/h3-4,11,18H,2,5-10H2,1H3. The molecule has 0 aromatic heterocycles. The van der Waals surface area contributed by atoms with Gasteiger partial charge in [0, 0.05) is 45.3 Å². The number of piperazine rings is 1. The van der Waals surface area contributed by atoms with Gasteiger partial charge >= 0.3 is 0 Å². The summed E-state index contributed by atoms with van der Waals surface area (Å²) in [6.07, 6.45) is 0.554. The van der Waals surface area contributed by atoms with E-state index in [0.717, 1.165) is 31.9 Å². The zero-order valence-electron chi connectivity index (χ0n) is 11.3. The molecule has 0 aliphatic carbocycles. The lowest BCUT2D eigenvalue weighted by Gasteiger charge is -2.34. The molecule has 1 aromatic rings. The molecule has 0 bridgehead atoms. The van der Waals surface area contributed by atoms with Gasteiger partial charge in [-0.05, 0) is 19.2 Å². The molecule has 0 radical (unpaired) electrons. The Hall–Kier alpha value is -1.33. The second kappa shape index (κ2) is 6.73. The topological polar surface area (TPSA) is 35.9 Å². The summed E-state index contributed by atoms with van der Waals surface area (Å²) < 4.78 is 18.9. The van der Waals surface area contributed by atoms with Gasteiger partial charge in [-0.15, -0.1) is 0 Å². The van der Waals surface area contributed by atoms with Crippen LogP contribution in [0.3, 0.4) is 0 Å². The maximum Gasteiger partial charge on any atom is 0.145 e. The second-order valence-electron chi connectivity index (χ2n) is 4.83. The number of likely N-dealkylation sites (N-methyl/N-ethyl adjacent to an activating group) is 1. The van der Waals surface area contributed by atoms with Crippen LogP contribution in [-0.2, 0) is 0 Å². The summed E-state index contributed by atoms with van der Waals surface area (Å²) in [5.41, 5.74) is 0.937. The lowest BCUT2D eigenvalue weighted by atomic mass is 10.2. The lowest BCUT2D eigenvalue weighted by molar-refractivity contribution is 0.233. The van der Waals surface area contributed by atoms with Gasteiger partial charge < -0.3 is 19.6 Å². The van der Waals surface area contributed by atoms with E-state index >= 15 is 0 Å². The summed E-state index contributed by atoms with van der Waals surface area (Å²) in [4.78, 5) is 4.49. The highest BCUT2D eigenvalue weighted by molar-refractivity contribution is 5.59. The predicted molar refractivity (Wildman–Crippen MR) is 73.3 cm³/mol. The zero-order valence-corrected chi connectivity index (χ0v) is 11.3. The first-order valence-electron chi connectivity index (χ1n) is 6.67. The monoisotopic (exact) mass is 268 g/mol. The second-order valence-corrected chi connectivity index (χ2v) is 4.83. The molecule has 5 heteroatoms. The van der Waals surface area contributed by atoms with Gasteiger partial charge in [0.15, 0.2) is 0 Å². The lowest BCUT2D eigenvalue weighted by Crippen LogP contribution is -2.44. The third-order valence-corrected chi connectivity index (χ3v) is 3.33. The first-order valence-corrected chi connectivity index (χ1v) is 6.67. The van der Waals surface area contributed by atoms with E-state index in [2.05, 4.69) is 16.8 Å². The smallest absolute Gasteiger partial charge is 0.145 e. The minimum absolute atomic E-state index is 0.0825. The summed E-state index contributed by atoms with van der Waals surface area (Å²) in [7, 11) is 2.10. The van der Waals surface area contributed by atoms with E-state index in [1.54, 1.807) is 6.07 Å². The van der Waals surface area contributed by atoms with Crippen LogP contribution in [-0.4, -0.2) is 56.4 Å². The Balaban J connectivity index is 2.09. The molecule has 1 N–H and O–H groups in total. The van der Waals surface area contributed by atoms with Crippen molar-refractivity contribution in [3.05, 3.63) is 24.0 Å². The van der Waals surface area contributed by atoms with Crippen LogP contribution in [0.25, 0.3) is 0 Å². The fraction of sp³-hybridized carbons (Fsp3) is 0.571. The molecule has 1 aliphatic heterocycles. The number of ether oxygens (including phenoxy) is 1. The summed E-state index contributed by atoms with van der Waals surface area (Å²) in [5.74, 6) is 0.273. The number of anilines is 1. The quantitative estimate of drug-likeness (QED) is 0.818. The van der Waals surface area contributed by atoms with Gasteiger partial charge in [-0.25, -0.2) is 4.39 Å². The van der Waals surface area contributed by atoms with Crippen LogP contribution in [0.5, 0.6) is 5.75 Å². The van der Waals surface area contributed by atoms with Crippen molar-refractivity contribution in [3.63, 3.8) is 0 Å². The third kappa shape index (κ3) is 3.81. The molecule has 0 spiro atoms. The number of benzene rings is 1. The third-order valence-electron chi connectivity index (χ3n) is 3.33. The van der Waals surface area contributed by atoms with Crippen LogP contribution in [0.1, 0.15) is 6.42 Å². The molecular formula is C14H21FN2O2. The van der Waals surface area contributed by atoms with Crippen molar-refractivity contribution in [1.29, 1.82) is 0 Å². The van der Waals surface area contributed by atoms with E-state index in [9.17, 15) is 4.39 Å². The van der Waals surface area contributed by atoms with E-state index < -0.39 is 0 Å². The molecule has 106 valence electrons. The van der Waals surface area contributed by atoms with Crippen molar-refractivity contribution in [1.82, 2.24) is 4.90 Å². The Labute approximate surface area is 113 Å². The van der Waals surface area contributed by atoms with E-state index in [1.807, 2.05) is 0 Å². The number of hydrogen-bond acceptors (Lipinski definition) is 4. The molecule has 2 rings (SSSR count). The minimum Gasteiger partial charge on any atom is -0.491 e. The molecule has 1 aliphatic rings. The van der Waals surface area contributed by atoms with E-state index in [1.165, 1.54) is 12.1 Å². The molecule has 1 heterocycles. The largest absolute Gasteiger partial charge is 0.491 e. The van der Waals surface area contributed by atoms with Crippen LogP contribution in [0, 0.1) is 5.82 Å². The maximum atomic E-state index is 13.3. The first kappa shape index (κ1) is 14.1. The minimum atomic E-state index is -0.295. The van der Waals surface area contributed by atoms with Crippen LogP contribution < -0.4 is 9.64 Å². The molecule has 0 atom stereocenters. The van der Waals surface area contributed by atoms with Crippen molar-refractivity contribution in [2.75, 3.05) is 51.3 Å². The van der Waals surface area contributed by atoms with Gasteiger partial charge in [-0.2, -0.15) is 0 Å². The van der Waals surface area contributed by atoms with Crippen LogP contribution in [0.4, 0.5) is 10.1 Å². The molecule has 4 nitrogen and oxygen atoms in total. The highest BCUT2D eigenvalue weighted by Crippen LogP contribution is 2.30. The molecule has 1 saturated heterocycles. The molecule has 19 heavy (non-hydrogen) atoms. The average Bonchev–Trinajstić information content (AvgIpc) is 2.41. The van der Waals surface area contributed by atoms with Crippen LogP contribution in [0.2, 0.25) is 0 Å². The Morgan fingerprint density at radius 2 is 2.00 bits per heavy atom. The zero-order chi connectivity index (χ0) is 13.7. The fourth-order valence-electron chi connectivity index (χ4n) is 2.16. The van der Waals surface area contributed by atoms with Crippen molar-refractivity contribution < 1.29 is 14.2 Å². The van der Waals surface area contributed by atoms with Crippen molar-refractivity contribution in [2.24, 2.45) is 0 Å². The summed E-state index contributed by atoms with van der Waals surface area (Å²) in [6, 6.07) is 4.66. The number of nitrogens with zero attached hydrogens (tertiary/aromatic N) is 2. The van der Waals surface area contributed by atoms with Gasteiger partial charge in [0.1, 0.15) is 11.6 Å². The molecular weight excluding hydrogens is 247 g/mol. The number of aliphatic hydroxyl groups is 1. The molecule has 0 amide bonds. The van der Waals surface area contributed by atoms with Gasteiger partial charge in [-0.3, -0.25) is 0 Å². The summed E-state index contributed by atoms with van der Waals surface area (Å²) in [5, 5.41) is 8.78. The van der Waals surface area contributed by atoms with Crippen molar-refractivity contribution in [3.8, 4) is 5.75 Å². The summed E-state index contributed by atoms with van der Waals surface area (Å²) >= 11 is 0. The number of rotatable bonds is 5. The fourth-order valence-corrected chi connectivity index (χ4v) is 2.16. The van der Waals surface area contributed by atoms with E-state index in [4.69, 9.17) is 9.84 Å². The number of aliphatic hydroxyl groups excluding tert-OH is 1. The predicted octanol–water partition coefficient (Wildman–Crippen LogP) is 1.34. The Morgan fingerprint density at radius 1 is 1.26 bits per heavy atom. The van der Waals surface area contributed by atoms with Crippen LogP contribution in [0.15, 0.2) is 18.2 Å². The van der Waals surface area contributed by atoms with Crippen LogP contribution >= 0.6 is 0 Å². The van der Waals surface area contributed by atoms with Crippen molar-refractivity contribution >= 4 is 5.69 Å². The summed E-state index contributed by atoms with van der Waals surface area (Å²) in [6.45, 7) is 4.30. The van der Waals surface area contributed by atoms with E-state index in [0.29, 0.717) is 18.8 Å². The highest BCUT2D eigenvalue weighted by Gasteiger charge is 2.18. The maximum absolute atomic E-state index is 13.3. The SMILES string of the molecule is CN1CCN(c2ccc(F)cc2OCCCO)CC1. The Kier molecular flexibility index (Phi) is 4.99. The molecule has 1 fully saturated rings. The Bertz CT molecular complexity index is 406. The molecule has 1 aromatic carbocycles. The Morgan fingerprint density at radius 3 is 2.68 bits per heavy atom. The van der Waals surface area contributed by atoms with Gasteiger partial charge in [0.05, 0.1) is 12.3 Å². The number of halogens is 1. The van der Waals surface area contributed by atoms with Gasteiger partial charge in [0.25, 0.3) is 0 Å². The number of hydrogen-bond donors (Lipinski definition) is 1. The van der Waals surface area contributed by atoms with Gasteiger partial charge in [-0.1, -0.05) is 0 Å². The van der Waals surface area contributed by atoms with Crippen molar-refractivity contribution in [2.45, 2.75) is 6.42 Å². The molecule has 0 unspecified atom stereocenters.